The average molecular weight is 196 g/mol. The Hall–Kier alpha value is -2.11. The van der Waals surface area contributed by atoms with Crippen molar-refractivity contribution in [2.45, 2.75) is 0 Å². The fraction of sp³-hybridized carbons (Fsp3) is 0. The first-order valence-corrected chi connectivity index (χ1v) is 3.67. The Bertz CT molecular complexity index is 521. The highest BCUT2D eigenvalue weighted by Crippen LogP contribution is 2.21. The number of carboxylic acid groups (broad SMARTS) is 1. The van der Waals surface area contributed by atoms with Crippen LogP contribution < -0.4 is 5.73 Å². The van der Waals surface area contributed by atoms with E-state index in [9.17, 15) is 9.18 Å². The molecule has 0 saturated carbocycles. The second-order valence-electron chi connectivity index (χ2n) is 2.66. The Kier molecular flexibility index (Phi) is 1.63. The predicted octanol–water partition coefficient (Wildman–Crippen LogP) is 1.25. The number of nitrogen functional groups attached to an aromatic ring is 1. The highest BCUT2D eigenvalue weighted by Gasteiger charge is 2.13. The summed E-state index contributed by atoms with van der Waals surface area (Å²) in [5.74, 6) is -2.02. The lowest BCUT2D eigenvalue weighted by molar-refractivity contribution is 0.0696. The molecule has 1 aromatic carbocycles. The first kappa shape index (κ1) is 8.49. The van der Waals surface area contributed by atoms with Gasteiger partial charge in [-0.05, 0) is 12.1 Å². The molecular weight excluding hydrogens is 191 g/mol. The molecule has 14 heavy (non-hydrogen) atoms. The predicted molar refractivity (Wildman–Crippen MR) is 45.3 cm³/mol. The second kappa shape index (κ2) is 2.69. The molecule has 2 aromatic rings. The first-order valence-electron chi connectivity index (χ1n) is 3.67. The Morgan fingerprint density at radius 1 is 1.57 bits per heavy atom. The van der Waals surface area contributed by atoms with Crippen LogP contribution in [-0.2, 0) is 0 Å². The van der Waals surface area contributed by atoms with Gasteiger partial charge in [0, 0.05) is 0 Å². The lowest BCUT2D eigenvalue weighted by Gasteiger charge is -1.93. The Balaban J connectivity index is 2.77. The van der Waals surface area contributed by atoms with Gasteiger partial charge in [-0.25, -0.2) is 9.18 Å². The van der Waals surface area contributed by atoms with Crippen molar-refractivity contribution in [2.75, 3.05) is 5.73 Å². The summed E-state index contributed by atoms with van der Waals surface area (Å²) in [4.78, 5) is 14.2. The van der Waals surface area contributed by atoms with E-state index in [1.165, 1.54) is 6.07 Å². The summed E-state index contributed by atoms with van der Waals surface area (Å²) in [6, 6.07) is 1.86. The minimum absolute atomic E-state index is 0.0971. The van der Waals surface area contributed by atoms with Gasteiger partial charge in [0.2, 0.25) is 0 Å². The number of hydrogen-bond donors (Lipinski definition) is 2. The third-order valence-electron chi connectivity index (χ3n) is 1.71. The van der Waals surface area contributed by atoms with Gasteiger partial charge in [-0.1, -0.05) is 0 Å². The summed E-state index contributed by atoms with van der Waals surface area (Å²) < 4.78 is 17.9. The Morgan fingerprint density at radius 2 is 2.29 bits per heavy atom. The zero-order valence-electron chi connectivity index (χ0n) is 6.82. The third kappa shape index (κ3) is 1.17. The SMILES string of the molecule is Nc1nc2cc(C(=O)O)cc(F)c2o1. The van der Waals surface area contributed by atoms with Crippen LogP contribution in [0.25, 0.3) is 11.1 Å². The van der Waals surface area contributed by atoms with E-state index in [2.05, 4.69) is 4.98 Å². The number of fused-ring (bicyclic) bond motifs is 1. The van der Waals surface area contributed by atoms with Crippen LogP contribution in [0.4, 0.5) is 10.4 Å². The molecule has 1 aromatic heterocycles. The van der Waals surface area contributed by atoms with Gasteiger partial charge in [-0.2, -0.15) is 4.98 Å². The number of carboxylic acids is 1. The van der Waals surface area contributed by atoms with Gasteiger partial charge in [-0.15, -0.1) is 0 Å². The van der Waals surface area contributed by atoms with E-state index < -0.39 is 11.8 Å². The smallest absolute Gasteiger partial charge is 0.335 e. The quantitative estimate of drug-likeness (QED) is 0.716. The fourth-order valence-electron chi connectivity index (χ4n) is 1.13. The van der Waals surface area contributed by atoms with Crippen LogP contribution in [0.2, 0.25) is 0 Å². The van der Waals surface area contributed by atoms with Crippen molar-refractivity contribution >= 4 is 23.1 Å². The van der Waals surface area contributed by atoms with Gasteiger partial charge in [0.05, 0.1) is 5.56 Å². The number of carbonyl (C=O) groups is 1. The topological polar surface area (TPSA) is 89.3 Å². The summed E-state index contributed by atoms with van der Waals surface area (Å²) in [5.41, 5.74) is 4.97. The maximum absolute atomic E-state index is 13.2. The summed E-state index contributed by atoms with van der Waals surface area (Å²) in [5, 5.41) is 8.62. The zero-order valence-corrected chi connectivity index (χ0v) is 6.82. The molecule has 72 valence electrons. The van der Waals surface area contributed by atoms with Gasteiger partial charge in [0.15, 0.2) is 11.4 Å². The largest absolute Gasteiger partial charge is 0.478 e. The van der Waals surface area contributed by atoms with Crippen molar-refractivity contribution in [3.05, 3.63) is 23.5 Å². The molecule has 0 amide bonds. The minimum atomic E-state index is -1.23. The number of nitrogens with zero attached hydrogens (tertiary/aromatic N) is 1. The van der Waals surface area contributed by atoms with E-state index in [1.807, 2.05) is 0 Å². The zero-order chi connectivity index (χ0) is 10.3. The third-order valence-corrected chi connectivity index (χ3v) is 1.71. The van der Waals surface area contributed by atoms with E-state index in [0.29, 0.717) is 0 Å². The van der Waals surface area contributed by atoms with Crippen molar-refractivity contribution in [1.29, 1.82) is 0 Å². The fourth-order valence-corrected chi connectivity index (χ4v) is 1.13. The number of hydrogen-bond acceptors (Lipinski definition) is 4. The van der Waals surface area contributed by atoms with Crippen LogP contribution in [0, 0.1) is 5.82 Å². The number of anilines is 1. The molecule has 0 unspecified atom stereocenters. The lowest BCUT2D eigenvalue weighted by Crippen LogP contribution is -1.96. The van der Waals surface area contributed by atoms with Crippen LogP contribution in [0.5, 0.6) is 0 Å². The molecule has 1 heterocycles. The normalized spacial score (nSPS) is 10.6. The van der Waals surface area contributed by atoms with Crippen LogP contribution in [0.3, 0.4) is 0 Å². The van der Waals surface area contributed by atoms with Gasteiger partial charge in [0.25, 0.3) is 6.01 Å². The maximum atomic E-state index is 13.2. The molecule has 0 spiro atoms. The molecule has 0 fully saturated rings. The molecule has 6 heteroatoms. The molecular formula is C8H5FN2O3. The van der Waals surface area contributed by atoms with Crippen LogP contribution in [0.1, 0.15) is 10.4 Å². The molecule has 5 nitrogen and oxygen atoms in total. The van der Waals surface area contributed by atoms with Crippen molar-refractivity contribution in [3.8, 4) is 0 Å². The van der Waals surface area contributed by atoms with Crippen LogP contribution >= 0.6 is 0 Å². The van der Waals surface area contributed by atoms with Crippen molar-refractivity contribution in [3.63, 3.8) is 0 Å². The number of oxazole rings is 1. The number of aromatic carboxylic acids is 1. The van der Waals surface area contributed by atoms with Gasteiger partial charge in [0.1, 0.15) is 5.52 Å². The van der Waals surface area contributed by atoms with Crippen molar-refractivity contribution in [1.82, 2.24) is 4.98 Å². The Labute approximate surface area is 77.0 Å². The summed E-state index contributed by atoms with van der Waals surface area (Å²) in [7, 11) is 0. The minimum Gasteiger partial charge on any atom is -0.478 e. The summed E-state index contributed by atoms with van der Waals surface area (Å²) in [6.07, 6.45) is 0. The average Bonchev–Trinajstić information content (AvgIpc) is 2.45. The molecule has 0 saturated heterocycles. The maximum Gasteiger partial charge on any atom is 0.335 e. The van der Waals surface area contributed by atoms with Crippen molar-refractivity contribution < 1.29 is 18.7 Å². The molecule has 0 bridgehead atoms. The van der Waals surface area contributed by atoms with E-state index >= 15 is 0 Å². The van der Waals surface area contributed by atoms with E-state index in [4.69, 9.17) is 15.3 Å². The monoisotopic (exact) mass is 196 g/mol. The van der Waals surface area contributed by atoms with E-state index in [0.717, 1.165) is 6.07 Å². The number of halogens is 1. The molecule has 0 aliphatic rings. The molecule has 0 aliphatic carbocycles. The number of nitrogens with two attached hydrogens (primary N) is 1. The highest BCUT2D eigenvalue weighted by molar-refractivity contribution is 5.92. The number of rotatable bonds is 1. The van der Waals surface area contributed by atoms with Crippen LogP contribution in [-0.4, -0.2) is 16.1 Å². The molecule has 2 rings (SSSR count). The summed E-state index contributed by atoms with van der Waals surface area (Å²) >= 11 is 0. The standard InChI is InChI=1S/C8H5FN2O3/c9-4-1-3(7(12)13)2-5-6(4)14-8(10)11-5/h1-2H,(H2,10,11)(H,12,13). The number of benzene rings is 1. The molecule has 0 atom stereocenters. The van der Waals surface area contributed by atoms with Crippen molar-refractivity contribution in [2.24, 2.45) is 0 Å². The summed E-state index contributed by atoms with van der Waals surface area (Å²) in [6.45, 7) is 0. The lowest BCUT2D eigenvalue weighted by atomic mass is 10.2. The molecule has 3 N–H and O–H groups in total. The van der Waals surface area contributed by atoms with Gasteiger partial charge in [-0.3, -0.25) is 0 Å². The first-order chi connectivity index (χ1) is 6.58. The van der Waals surface area contributed by atoms with Gasteiger partial charge >= 0.3 is 5.97 Å². The second-order valence-corrected chi connectivity index (χ2v) is 2.66. The van der Waals surface area contributed by atoms with Gasteiger partial charge < -0.3 is 15.3 Å². The van der Waals surface area contributed by atoms with Crippen LogP contribution in [0.15, 0.2) is 16.5 Å². The Morgan fingerprint density at radius 3 is 2.93 bits per heavy atom. The molecule has 0 radical (unpaired) electrons. The van der Waals surface area contributed by atoms with E-state index in [1.54, 1.807) is 0 Å². The number of aromatic nitrogens is 1. The molecule has 0 aliphatic heterocycles. The highest BCUT2D eigenvalue weighted by atomic mass is 19.1. The van der Waals surface area contributed by atoms with E-state index in [-0.39, 0.29) is 22.7 Å².